The lowest BCUT2D eigenvalue weighted by molar-refractivity contribution is 0.103. The Morgan fingerprint density at radius 2 is 0.575 bits per heavy atom. The summed E-state index contributed by atoms with van der Waals surface area (Å²) >= 11 is 3.67. The Labute approximate surface area is 686 Å². The third-order valence-electron chi connectivity index (χ3n) is 26.7. The molecule has 6 nitrogen and oxygen atoms in total. The molecule has 113 heavy (non-hydrogen) atoms. The minimum Gasteiger partial charge on any atom is -0.289 e. The highest BCUT2D eigenvalue weighted by Crippen LogP contribution is 2.66. The van der Waals surface area contributed by atoms with Gasteiger partial charge in [0.1, 0.15) is 0 Å². The van der Waals surface area contributed by atoms with Crippen molar-refractivity contribution in [1.29, 1.82) is 10.5 Å². The van der Waals surface area contributed by atoms with E-state index in [0.29, 0.717) is 44.5 Å². The van der Waals surface area contributed by atoms with E-state index in [1.54, 1.807) is 0 Å². The van der Waals surface area contributed by atoms with Gasteiger partial charge >= 0.3 is 0 Å². The zero-order valence-corrected chi connectivity index (χ0v) is 70.8. The Hall–Kier alpha value is -8.50. The molecule has 0 radical (unpaired) electrons. The van der Waals surface area contributed by atoms with Crippen molar-refractivity contribution in [2.45, 2.75) is 327 Å². The van der Waals surface area contributed by atoms with Crippen LogP contribution in [0.5, 0.6) is 0 Å². The first-order chi connectivity index (χ1) is 55.4. The molecule has 0 amide bonds. The lowest BCUT2D eigenvalue weighted by Crippen LogP contribution is -2.27. The number of rotatable bonds is 44. The van der Waals surface area contributed by atoms with Gasteiger partial charge in [-0.25, -0.2) is 20.2 Å². The summed E-state index contributed by atoms with van der Waals surface area (Å²) < 4.78 is 0. The van der Waals surface area contributed by atoms with Crippen LogP contribution in [0.15, 0.2) is 132 Å². The minimum atomic E-state index is -0.279. The van der Waals surface area contributed by atoms with Gasteiger partial charge in [-0.3, -0.25) is 9.59 Å². The number of Topliss-reactive ketones (excluding diaryl/α,β-unsaturated/α-hetero) is 2. The van der Waals surface area contributed by atoms with Crippen molar-refractivity contribution >= 4 is 79.1 Å². The van der Waals surface area contributed by atoms with Gasteiger partial charge in [0.15, 0.2) is 11.6 Å². The molecule has 0 unspecified atom stereocenters. The van der Waals surface area contributed by atoms with E-state index in [2.05, 4.69) is 124 Å². The van der Waals surface area contributed by atoms with Crippen molar-refractivity contribution in [3.8, 4) is 44.1 Å². The minimum absolute atomic E-state index is 0.0446. The largest absolute Gasteiger partial charge is 0.289 e. The SMILES string of the molecule is [C-]#[N+]C(C#N)=C1/C(=C/c2cc3c(s2)-c2cc4c(cc2C3(CCCCCCCC)CCCCCCCC)-c2cc3c(cc2C4(CCCCCCCC)CCCCCCCC)-c2sc(/C=C4\C(=O)c5cc6ccccc6cc5\C4=C(\C#N)[N+]#[C-])cc2C3(CCCCCCCC)CCCCCCCC)C(=O)c2cc3ccccc3cc21. The van der Waals surface area contributed by atoms with Gasteiger partial charge in [-0.2, -0.15) is 0 Å². The van der Waals surface area contributed by atoms with E-state index in [4.69, 9.17) is 13.1 Å². The Kier molecular flexibility index (Phi) is 28.3. The fraction of sp³-hybridized carbons (Fsp3) is 0.486. The molecular weight excluding hydrogens is 1410 g/mol. The van der Waals surface area contributed by atoms with Crippen LogP contribution in [-0.4, -0.2) is 11.6 Å². The normalized spacial score (nSPS) is 16.4. The van der Waals surface area contributed by atoms with Gasteiger partial charge in [0.2, 0.25) is 0 Å². The van der Waals surface area contributed by atoms with E-state index in [1.807, 2.05) is 83.3 Å². The molecule has 0 spiro atoms. The molecule has 0 saturated heterocycles. The zero-order valence-electron chi connectivity index (χ0n) is 69.2. The van der Waals surface area contributed by atoms with Gasteiger partial charge in [0, 0.05) is 69.2 Å². The molecule has 6 aromatic carbocycles. The van der Waals surface area contributed by atoms with E-state index >= 15 is 9.59 Å². The molecule has 5 aliphatic carbocycles. The average Bonchev–Trinajstić information content (AvgIpc) is 1.51. The van der Waals surface area contributed by atoms with Gasteiger partial charge in [-0.15, -0.1) is 22.7 Å². The van der Waals surface area contributed by atoms with Gasteiger partial charge in [0.05, 0.1) is 25.3 Å². The van der Waals surface area contributed by atoms with Crippen LogP contribution in [-0.2, 0) is 16.2 Å². The number of thiophene rings is 2. The van der Waals surface area contributed by atoms with Crippen LogP contribution < -0.4 is 0 Å². The molecule has 0 N–H and O–H groups in total. The molecule has 8 heteroatoms. The first-order valence-electron chi connectivity index (χ1n) is 44.8. The maximum absolute atomic E-state index is 15.3. The fourth-order valence-electron chi connectivity index (χ4n) is 20.8. The highest BCUT2D eigenvalue weighted by atomic mass is 32.1. The lowest BCUT2D eigenvalue weighted by atomic mass is 9.68. The lowest BCUT2D eigenvalue weighted by Gasteiger charge is -2.35. The van der Waals surface area contributed by atoms with Crippen molar-refractivity contribution in [1.82, 2.24) is 0 Å². The summed E-state index contributed by atoms with van der Waals surface area (Å²) in [4.78, 5) is 42.9. The molecule has 2 aromatic heterocycles. The number of ketones is 2. The number of allylic oxidation sites excluding steroid dienone is 6. The quantitative estimate of drug-likeness (QED) is 0.0165. The molecule has 5 aliphatic rings. The summed E-state index contributed by atoms with van der Waals surface area (Å²) in [5.74, 6) is -0.250. The van der Waals surface area contributed by atoms with Gasteiger partial charge < -0.3 is 0 Å². The molecule has 8 aromatic rings. The number of carbonyl (C=O) groups is 2. The molecular formula is C105H122N4O2S2. The molecule has 0 bridgehead atoms. The Morgan fingerprint density at radius 1 is 0.327 bits per heavy atom. The van der Waals surface area contributed by atoms with Crippen molar-refractivity contribution < 1.29 is 9.59 Å². The number of nitriles is 2. The van der Waals surface area contributed by atoms with Gasteiger partial charge in [-0.1, -0.05) is 321 Å². The smallest absolute Gasteiger partial charge is 0.270 e. The van der Waals surface area contributed by atoms with Crippen LogP contribution in [0.25, 0.3) is 86.5 Å². The second kappa shape index (κ2) is 38.8. The van der Waals surface area contributed by atoms with Gasteiger partial charge in [-0.05, 0) is 200 Å². The second-order valence-corrected chi connectivity index (χ2v) is 36.3. The number of hydrogen-bond acceptors (Lipinski definition) is 6. The van der Waals surface area contributed by atoms with Crippen LogP contribution in [0.2, 0.25) is 0 Å². The fourth-order valence-corrected chi connectivity index (χ4v) is 23.2. The van der Waals surface area contributed by atoms with E-state index in [-0.39, 0.29) is 39.2 Å². The number of fused-ring (bicyclic) bond motifs is 13. The summed E-state index contributed by atoms with van der Waals surface area (Å²) in [5.41, 5.74) is 17.8. The maximum Gasteiger partial charge on any atom is 0.270 e. The van der Waals surface area contributed by atoms with Crippen LogP contribution in [0.3, 0.4) is 0 Å². The van der Waals surface area contributed by atoms with E-state index in [1.165, 1.54) is 258 Å². The summed E-state index contributed by atoms with van der Waals surface area (Å²) in [6.45, 7) is 30.7. The summed E-state index contributed by atoms with van der Waals surface area (Å²) in [6.07, 6.45) is 54.2. The maximum atomic E-state index is 15.3. The summed E-state index contributed by atoms with van der Waals surface area (Å²) in [7, 11) is 0. The summed E-state index contributed by atoms with van der Waals surface area (Å²) in [5, 5.41) is 25.4. The third-order valence-corrected chi connectivity index (χ3v) is 29.0. The molecule has 586 valence electrons. The molecule has 13 rings (SSSR count). The van der Waals surface area contributed by atoms with Crippen LogP contribution in [0.4, 0.5) is 0 Å². The molecule has 0 aliphatic heterocycles. The van der Waals surface area contributed by atoms with Crippen molar-refractivity contribution in [3.05, 3.63) is 220 Å². The Balaban J connectivity index is 1.05. The topological polar surface area (TPSA) is 90.4 Å². The number of nitrogens with zero attached hydrogens (tertiary/aromatic N) is 4. The number of unbranched alkanes of at least 4 members (excludes halogenated alkanes) is 30. The highest BCUT2D eigenvalue weighted by molar-refractivity contribution is 7.17. The average molecular weight is 1540 g/mol. The Bertz CT molecular complexity index is 4720. The molecule has 2 heterocycles. The van der Waals surface area contributed by atoms with Crippen molar-refractivity contribution in [3.63, 3.8) is 0 Å². The highest BCUT2D eigenvalue weighted by Gasteiger charge is 2.52. The second-order valence-electron chi connectivity index (χ2n) is 34.2. The third kappa shape index (κ3) is 16.9. The van der Waals surface area contributed by atoms with Gasteiger partial charge in [0.25, 0.3) is 11.4 Å². The Morgan fingerprint density at radius 3 is 0.850 bits per heavy atom. The van der Waals surface area contributed by atoms with Crippen molar-refractivity contribution in [2.24, 2.45) is 0 Å². The number of hydrogen-bond donors (Lipinski definition) is 0. The predicted octanol–water partition coefficient (Wildman–Crippen LogP) is 32.3. The first-order valence-corrected chi connectivity index (χ1v) is 46.4. The molecule has 0 saturated carbocycles. The zero-order chi connectivity index (χ0) is 78.9. The molecule has 0 fully saturated rings. The van der Waals surface area contributed by atoms with Crippen LogP contribution >= 0.6 is 22.7 Å². The van der Waals surface area contributed by atoms with E-state index in [0.717, 1.165) is 108 Å². The van der Waals surface area contributed by atoms with E-state index < -0.39 is 0 Å². The standard InChI is InChI=1S/C105H122N4O2S2/c1-9-15-21-27-33-43-53-103(54-44-34-28-22-16-10-2)89-69-85-91(104(55-45-35-29-23-17-11-3,56-46-36-30-24-18-12-4)93-65-77(112-101(85)93)63-87-97(95(71-106)108-7)81-59-73-49-39-41-51-75(73)61-83(81)99(87)110)67-79(89)80-68-92-86(70-90(80)103)102-94(105(92,57-47-37-31-25-19-13-5)58-48-38-32-26-20-14-6)66-78(113-102)64-88-98(96(72-107)109-8)82-60-74-50-40-42-52-76(74)62-84(82)100(88)111/h39-42,49-52,59-70H,9-38,43-48,53-58H2,1-6H3/b87-63-,88-64-,97-95+,98-96?. The molecule has 0 atom stereocenters. The predicted molar refractivity (Wildman–Crippen MR) is 480 cm³/mol. The number of carbonyl (C=O) groups excluding carboxylic acids is 2. The van der Waals surface area contributed by atoms with Crippen LogP contribution in [0, 0.1) is 35.8 Å². The van der Waals surface area contributed by atoms with Crippen LogP contribution in [0.1, 0.15) is 386 Å². The monoisotopic (exact) mass is 1530 g/mol. The first kappa shape index (κ1) is 82.5. The number of benzene rings is 6. The van der Waals surface area contributed by atoms with Crippen molar-refractivity contribution in [2.75, 3.05) is 0 Å². The van der Waals surface area contributed by atoms with E-state index in [9.17, 15) is 10.5 Å². The summed E-state index contributed by atoms with van der Waals surface area (Å²) in [6, 6.07) is 44.9.